The molecule has 1 aliphatic heterocycles. The number of hydrogen-bond acceptors (Lipinski definition) is 5. The van der Waals surface area contributed by atoms with Gasteiger partial charge in [0.2, 0.25) is 0 Å². The summed E-state index contributed by atoms with van der Waals surface area (Å²) in [6, 6.07) is 5.46. The third kappa shape index (κ3) is 2.99. The van der Waals surface area contributed by atoms with Gasteiger partial charge in [0.05, 0.1) is 12.1 Å². The highest BCUT2D eigenvalue weighted by Gasteiger charge is 2.16. The largest absolute Gasteiger partial charge is 0.345 e. The topological polar surface area (TPSA) is 90.5 Å². The molecule has 1 amide bonds. The Bertz CT molecular complexity index is 911. The number of amides is 1. The number of carbonyl (C=O) groups excluding carboxylic acids is 1. The van der Waals surface area contributed by atoms with Gasteiger partial charge in [-0.2, -0.15) is 0 Å². The lowest BCUT2D eigenvalue weighted by molar-refractivity contribution is 0.0949. The summed E-state index contributed by atoms with van der Waals surface area (Å²) in [5.74, 6) is 1.71. The van der Waals surface area contributed by atoms with Gasteiger partial charge in [0.25, 0.3) is 5.91 Å². The molecule has 0 saturated heterocycles. The minimum absolute atomic E-state index is 0.140. The van der Waals surface area contributed by atoms with E-state index in [9.17, 15) is 4.79 Å². The molecule has 2 aromatic heterocycles. The van der Waals surface area contributed by atoms with Crippen molar-refractivity contribution in [1.29, 1.82) is 0 Å². The van der Waals surface area contributed by atoms with Crippen LogP contribution < -0.4 is 5.32 Å². The maximum Gasteiger partial charge on any atom is 0.251 e. The van der Waals surface area contributed by atoms with Crippen LogP contribution in [0.4, 0.5) is 0 Å². The number of nitrogens with one attached hydrogen (secondary N) is 1. The molecule has 1 N–H and O–H groups in total. The molecular formula is C17H21N7O. The molecule has 0 saturated carbocycles. The molecule has 3 heterocycles. The summed E-state index contributed by atoms with van der Waals surface area (Å²) in [4.78, 5) is 12.5. The maximum atomic E-state index is 12.5. The van der Waals surface area contributed by atoms with E-state index in [-0.39, 0.29) is 5.91 Å². The van der Waals surface area contributed by atoms with Crippen LogP contribution in [0.15, 0.2) is 18.2 Å². The third-order valence-electron chi connectivity index (χ3n) is 4.67. The first-order valence-corrected chi connectivity index (χ1v) is 8.78. The third-order valence-corrected chi connectivity index (χ3v) is 4.67. The van der Waals surface area contributed by atoms with Crippen LogP contribution >= 0.6 is 0 Å². The quantitative estimate of drug-likeness (QED) is 0.781. The number of carbonyl (C=O) groups is 1. The summed E-state index contributed by atoms with van der Waals surface area (Å²) in [5.41, 5.74) is 2.24. The zero-order chi connectivity index (χ0) is 17.2. The summed E-state index contributed by atoms with van der Waals surface area (Å²) in [7, 11) is 0. The van der Waals surface area contributed by atoms with Crippen LogP contribution in [0.1, 0.15) is 48.2 Å². The van der Waals surface area contributed by atoms with E-state index in [1.165, 1.54) is 6.42 Å². The lowest BCUT2D eigenvalue weighted by Gasteiger charge is -2.08. The van der Waals surface area contributed by atoms with Crippen molar-refractivity contribution < 1.29 is 4.79 Å². The van der Waals surface area contributed by atoms with Gasteiger partial charge in [-0.25, -0.2) is 4.68 Å². The van der Waals surface area contributed by atoms with E-state index in [2.05, 4.69) is 30.4 Å². The van der Waals surface area contributed by atoms with Crippen LogP contribution in [0.5, 0.6) is 0 Å². The normalized spacial score (nSPS) is 14.3. The van der Waals surface area contributed by atoms with Gasteiger partial charge in [-0.1, -0.05) is 11.6 Å². The van der Waals surface area contributed by atoms with Crippen LogP contribution in [0.2, 0.25) is 0 Å². The number of fused-ring (bicyclic) bond motifs is 2. The predicted octanol–water partition coefficient (Wildman–Crippen LogP) is 1.70. The van der Waals surface area contributed by atoms with E-state index >= 15 is 0 Å². The number of rotatable bonds is 4. The van der Waals surface area contributed by atoms with Crippen molar-refractivity contribution in [3.63, 3.8) is 0 Å². The SMILES string of the molecule is CCn1nnc2cc(C(=O)NCc3nnc4n3CCCCC4)ccc21. The molecule has 0 fully saturated rings. The summed E-state index contributed by atoms with van der Waals surface area (Å²) < 4.78 is 3.95. The number of hydrogen-bond donors (Lipinski definition) is 1. The van der Waals surface area contributed by atoms with Crippen molar-refractivity contribution in [2.24, 2.45) is 0 Å². The molecule has 8 heteroatoms. The number of aromatic nitrogens is 6. The molecule has 1 aliphatic rings. The molecule has 4 rings (SSSR count). The minimum atomic E-state index is -0.140. The van der Waals surface area contributed by atoms with Crippen molar-refractivity contribution >= 4 is 16.9 Å². The fourth-order valence-electron chi connectivity index (χ4n) is 3.28. The summed E-state index contributed by atoms with van der Waals surface area (Å²) in [6.07, 6.45) is 4.47. The predicted molar refractivity (Wildman–Crippen MR) is 91.9 cm³/mol. The van der Waals surface area contributed by atoms with Crippen molar-refractivity contribution in [3.05, 3.63) is 35.4 Å². The van der Waals surface area contributed by atoms with Gasteiger partial charge in [-0.05, 0) is 38.0 Å². The average Bonchev–Trinajstić information content (AvgIpc) is 3.15. The molecule has 130 valence electrons. The van der Waals surface area contributed by atoms with Gasteiger partial charge >= 0.3 is 0 Å². The Hall–Kier alpha value is -2.77. The first-order valence-electron chi connectivity index (χ1n) is 8.78. The second-order valence-electron chi connectivity index (χ2n) is 6.29. The van der Waals surface area contributed by atoms with Crippen LogP contribution in [0.3, 0.4) is 0 Å². The van der Waals surface area contributed by atoms with Crippen molar-refractivity contribution in [2.75, 3.05) is 0 Å². The second-order valence-corrected chi connectivity index (χ2v) is 6.29. The second kappa shape index (κ2) is 6.62. The Morgan fingerprint density at radius 1 is 1.20 bits per heavy atom. The Balaban J connectivity index is 1.48. The molecule has 3 aromatic rings. The smallest absolute Gasteiger partial charge is 0.251 e. The fourth-order valence-corrected chi connectivity index (χ4v) is 3.28. The first kappa shape index (κ1) is 15.7. The first-order chi connectivity index (χ1) is 12.3. The molecule has 0 atom stereocenters. The Morgan fingerprint density at radius 3 is 3.00 bits per heavy atom. The maximum absolute atomic E-state index is 12.5. The molecule has 1 aromatic carbocycles. The van der Waals surface area contributed by atoms with Crippen LogP contribution in [-0.2, 0) is 26.1 Å². The average molecular weight is 339 g/mol. The monoisotopic (exact) mass is 339 g/mol. The van der Waals surface area contributed by atoms with E-state index < -0.39 is 0 Å². The highest BCUT2D eigenvalue weighted by molar-refractivity contribution is 5.97. The molecular weight excluding hydrogens is 318 g/mol. The lowest BCUT2D eigenvalue weighted by Crippen LogP contribution is -2.25. The number of nitrogens with zero attached hydrogens (tertiary/aromatic N) is 6. The summed E-state index contributed by atoms with van der Waals surface area (Å²) >= 11 is 0. The van der Waals surface area contributed by atoms with Gasteiger partial charge in [-0.15, -0.1) is 15.3 Å². The fraction of sp³-hybridized carbons (Fsp3) is 0.471. The van der Waals surface area contributed by atoms with E-state index in [0.717, 1.165) is 55.0 Å². The van der Waals surface area contributed by atoms with Crippen molar-refractivity contribution in [1.82, 2.24) is 35.1 Å². The Labute approximate surface area is 145 Å². The zero-order valence-electron chi connectivity index (χ0n) is 14.3. The van der Waals surface area contributed by atoms with E-state index in [1.54, 1.807) is 12.1 Å². The Kier molecular flexibility index (Phi) is 4.17. The van der Waals surface area contributed by atoms with E-state index in [4.69, 9.17) is 0 Å². The van der Waals surface area contributed by atoms with E-state index in [1.807, 2.05) is 17.7 Å². The van der Waals surface area contributed by atoms with Crippen molar-refractivity contribution in [3.8, 4) is 0 Å². The number of benzene rings is 1. The van der Waals surface area contributed by atoms with Gasteiger partial charge in [0, 0.05) is 25.1 Å². The lowest BCUT2D eigenvalue weighted by atomic mass is 10.2. The van der Waals surface area contributed by atoms with Crippen LogP contribution in [0, 0.1) is 0 Å². The van der Waals surface area contributed by atoms with Crippen molar-refractivity contribution in [2.45, 2.75) is 52.2 Å². The molecule has 25 heavy (non-hydrogen) atoms. The highest BCUT2D eigenvalue weighted by atomic mass is 16.1. The minimum Gasteiger partial charge on any atom is -0.345 e. The molecule has 0 bridgehead atoms. The van der Waals surface area contributed by atoms with Crippen LogP contribution in [0.25, 0.3) is 11.0 Å². The highest BCUT2D eigenvalue weighted by Crippen LogP contribution is 2.15. The van der Waals surface area contributed by atoms with Gasteiger partial charge in [0.15, 0.2) is 5.82 Å². The van der Waals surface area contributed by atoms with E-state index in [0.29, 0.717) is 12.1 Å². The molecule has 8 nitrogen and oxygen atoms in total. The molecule has 0 radical (unpaired) electrons. The standard InChI is InChI=1S/C17H21N7O/c1-2-24-14-8-7-12(10-13(14)19-22-24)17(25)18-11-16-21-20-15-6-4-3-5-9-23(15)16/h7-8,10H,2-6,9,11H2,1H3,(H,18,25). The molecule has 0 spiro atoms. The summed E-state index contributed by atoms with van der Waals surface area (Å²) in [6.45, 7) is 4.07. The van der Waals surface area contributed by atoms with Gasteiger partial charge in [0.1, 0.15) is 11.3 Å². The number of aryl methyl sites for hydroxylation is 2. The summed E-state index contributed by atoms with van der Waals surface area (Å²) in [5, 5.41) is 19.6. The van der Waals surface area contributed by atoms with Gasteiger partial charge < -0.3 is 9.88 Å². The zero-order valence-corrected chi connectivity index (χ0v) is 14.3. The van der Waals surface area contributed by atoms with Crippen LogP contribution in [-0.4, -0.2) is 35.7 Å². The molecule has 0 unspecified atom stereocenters. The van der Waals surface area contributed by atoms with Gasteiger partial charge in [-0.3, -0.25) is 4.79 Å². The molecule has 0 aliphatic carbocycles. The Morgan fingerprint density at radius 2 is 2.12 bits per heavy atom.